The highest BCUT2D eigenvalue weighted by molar-refractivity contribution is 5.93. The summed E-state index contributed by atoms with van der Waals surface area (Å²) in [6, 6.07) is 15.1. The number of nitrogens with two attached hydrogens (primary N) is 2. The lowest BCUT2D eigenvalue weighted by molar-refractivity contribution is -0.118. The third-order valence-corrected chi connectivity index (χ3v) is 2.90. The smallest absolute Gasteiger partial charge is 0.248 e. The Labute approximate surface area is 116 Å². The Hall–Kier alpha value is -2.82. The van der Waals surface area contributed by atoms with Crippen LogP contribution in [0.2, 0.25) is 0 Å². The molecule has 2 amide bonds. The maximum absolute atomic E-state index is 11.6. The fourth-order valence-corrected chi connectivity index (χ4v) is 1.86. The highest BCUT2D eigenvalue weighted by Crippen LogP contribution is 2.19. The predicted octanol–water partition coefficient (Wildman–Crippen LogP) is 1.42. The third kappa shape index (κ3) is 3.14. The predicted molar refractivity (Wildman–Crippen MR) is 77.0 cm³/mol. The molecular formula is C15H15N3O2. The molecule has 0 saturated carbocycles. The lowest BCUT2D eigenvalue weighted by atomic mass is 10.1. The summed E-state index contributed by atoms with van der Waals surface area (Å²) in [6.07, 6.45) is 0. The van der Waals surface area contributed by atoms with E-state index in [-0.39, 0.29) is 0 Å². The second kappa shape index (κ2) is 5.88. The van der Waals surface area contributed by atoms with Gasteiger partial charge in [-0.25, -0.2) is 0 Å². The summed E-state index contributed by atoms with van der Waals surface area (Å²) >= 11 is 0. The number of primary amides is 2. The van der Waals surface area contributed by atoms with Crippen LogP contribution < -0.4 is 16.8 Å². The van der Waals surface area contributed by atoms with Crippen LogP contribution in [0.3, 0.4) is 0 Å². The zero-order valence-electron chi connectivity index (χ0n) is 10.7. The maximum Gasteiger partial charge on any atom is 0.248 e. The first-order valence-corrected chi connectivity index (χ1v) is 6.08. The fraction of sp³-hybridized carbons (Fsp3) is 0.0667. The van der Waals surface area contributed by atoms with Gasteiger partial charge in [0.1, 0.15) is 6.04 Å². The van der Waals surface area contributed by atoms with Gasteiger partial charge >= 0.3 is 0 Å². The Bertz CT molecular complexity index is 609. The van der Waals surface area contributed by atoms with Gasteiger partial charge in [0, 0.05) is 11.3 Å². The van der Waals surface area contributed by atoms with Crippen LogP contribution in [0.15, 0.2) is 54.6 Å². The zero-order chi connectivity index (χ0) is 14.5. The van der Waals surface area contributed by atoms with Gasteiger partial charge in [-0.05, 0) is 29.8 Å². The normalized spacial score (nSPS) is 11.6. The summed E-state index contributed by atoms with van der Waals surface area (Å²) < 4.78 is 0. The van der Waals surface area contributed by atoms with Crippen LogP contribution in [0, 0.1) is 0 Å². The molecule has 0 spiro atoms. The minimum atomic E-state index is -0.629. The summed E-state index contributed by atoms with van der Waals surface area (Å²) in [5, 5.41) is 3.03. The Morgan fingerprint density at radius 3 is 2.00 bits per heavy atom. The van der Waals surface area contributed by atoms with Gasteiger partial charge in [0.15, 0.2) is 0 Å². The average molecular weight is 269 g/mol. The van der Waals surface area contributed by atoms with Crippen molar-refractivity contribution in [3.05, 3.63) is 65.7 Å². The molecule has 2 aromatic carbocycles. The summed E-state index contributed by atoms with van der Waals surface area (Å²) in [5.74, 6) is -0.971. The first kappa shape index (κ1) is 13.6. The zero-order valence-corrected chi connectivity index (χ0v) is 10.7. The van der Waals surface area contributed by atoms with E-state index in [1.807, 2.05) is 30.3 Å². The van der Waals surface area contributed by atoms with Crippen LogP contribution in [-0.2, 0) is 4.79 Å². The van der Waals surface area contributed by atoms with Crippen LogP contribution in [0.1, 0.15) is 22.0 Å². The molecule has 2 rings (SSSR count). The van der Waals surface area contributed by atoms with Crippen molar-refractivity contribution in [3.63, 3.8) is 0 Å². The van der Waals surface area contributed by atoms with Gasteiger partial charge in [-0.3, -0.25) is 9.59 Å². The molecule has 0 aliphatic carbocycles. The number of hydrogen-bond acceptors (Lipinski definition) is 3. The van der Waals surface area contributed by atoms with E-state index in [1.54, 1.807) is 24.3 Å². The molecular weight excluding hydrogens is 254 g/mol. The lowest BCUT2D eigenvalue weighted by Crippen LogP contribution is -2.27. The highest BCUT2D eigenvalue weighted by Gasteiger charge is 2.17. The van der Waals surface area contributed by atoms with E-state index in [0.29, 0.717) is 11.3 Å². The number of carbonyl (C=O) groups excluding carboxylic acids is 2. The largest absolute Gasteiger partial charge is 0.370 e. The van der Waals surface area contributed by atoms with Crippen LogP contribution in [0.25, 0.3) is 0 Å². The molecule has 5 heteroatoms. The summed E-state index contributed by atoms with van der Waals surface area (Å²) in [6.45, 7) is 0. The number of amides is 2. The van der Waals surface area contributed by atoms with E-state index in [2.05, 4.69) is 5.32 Å². The van der Waals surface area contributed by atoms with Gasteiger partial charge in [-0.2, -0.15) is 0 Å². The standard InChI is InChI=1S/C15H15N3O2/c16-14(19)11-6-8-12(9-7-11)18-13(15(17)20)10-4-2-1-3-5-10/h1-9,13,18H,(H2,16,19)(H2,17,20). The Balaban J connectivity index is 2.21. The van der Waals surface area contributed by atoms with Gasteiger partial charge in [0.05, 0.1) is 0 Å². The average Bonchev–Trinajstić information content (AvgIpc) is 2.46. The number of carbonyl (C=O) groups is 2. The minimum Gasteiger partial charge on any atom is -0.370 e. The molecule has 1 atom stereocenters. The van der Waals surface area contributed by atoms with Crippen molar-refractivity contribution >= 4 is 17.5 Å². The number of hydrogen-bond donors (Lipinski definition) is 3. The van der Waals surface area contributed by atoms with Crippen LogP contribution >= 0.6 is 0 Å². The van der Waals surface area contributed by atoms with Crippen molar-refractivity contribution in [2.24, 2.45) is 11.5 Å². The van der Waals surface area contributed by atoms with E-state index in [0.717, 1.165) is 5.56 Å². The second-order valence-electron chi connectivity index (χ2n) is 4.33. The van der Waals surface area contributed by atoms with Crippen molar-refractivity contribution in [3.8, 4) is 0 Å². The highest BCUT2D eigenvalue weighted by atomic mass is 16.1. The molecule has 5 nitrogen and oxygen atoms in total. The van der Waals surface area contributed by atoms with Gasteiger partial charge in [0.25, 0.3) is 0 Å². The molecule has 0 aliphatic heterocycles. The third-order valence-electron chi connectivity index (χ3n) is 2.90. The molecule has 20 heavy (non-hydrogen) atoms. The second-order valence-corrected chi connectivity index (χ2v) is 4.33. The molecule has 0 aromatic heterocycles. The summed E-state index contributed by atoms with van der Waals surface area (Å²) in [5.41, 5.74) is 12.5. The van der Waals surface area contributed by atoms with Gasteiger partial charge in [-0.1, -0.05) is 30.3 Å². The summed E-state index contributed by atoms with van der Waals surface area (Å²) in [4.78, 5) is 22.6. The van der Waals surface area contributed by atoms with E-state index in [4.69, 9.17) is 11.5 Å². The molecule has 0 saturated heterocycles. The van der Waals surface area contributed by atoms with Crippen molar-refractivity contribution in [1.29, 1.82) is 0 Å². The molecule has 0 radical (unpaired) electrons. The van der Waals surface area contributed by atoms with E-state index < -0.39 is 17.9 Å². The van der Waals surface area contributed by atoms with Gasteiger partial charge in [-0.15, -0.1) is 0 Å². The van der Waals surface area contributed by atoms with Crippen molar-refractivity contribution < 1.29 is 9.59 Å². The first-order chi connectivity index (χ1) is 9.58. The Morgan fingerprint density at radius 2 is 1.50 bits per heavy atom. The number of nitrogens with one attached hydrogen (secondary N) is 1. The SMILES string of the molecule is NC(=O)c1ccc(NC(C(N)=O)c2ccccc2)cc1. The number of benzene rings is 2. The molecule has 0 bridgehead atoms. The van der Waals surface area contributed by atoms with Crippen LogP contribution in [0.5, 0.6) is 0 Å². The molecule has 2 aromatic rings. The van der Waals surface area contributed by atoms with E-state index in [9.17, 15) is 9.59 Å². The monoisotopic (exact) mass is 269 g/mol. The van der Waals surface area contributed by atoms with Crippen molar-refractivity contribution in [2.45, 2.75) is 6.04 Å². The molecule has 1 unspecified atom stereocenters. The minimum absolute atomic E-state index is 0.408. The lowest BCUT2D eigenvalue weighted by Gasteiger charge is -2.17. The fourth-order valence-electron chi connectivity index (χ4n) is 1.86. The molecule has 0 heterocycles. The molecule has 5 N–H and O–H groups in total. The summed E-state index contributed by atoms with van der Waals surface area (Å²) in [7, 11) is 0. The number of rotatable bonds is 5. The van der Waals surface area contributed by atoms with Crippen LogP contribution in [0.4, 0.5) is 5.69 Å². The topological polar surface area (TPSA) is 98.2 Å². The van der Waals surface area contributed by atoms with Crippen LogP contribution in [-0.4, -0.2) is 11.8 Å². The van der Waals surface area contributed by atoms with Crippen molar-refractivity contribution in [1.82, 2.24) is 0 Å². The van der Waals surface area contributed by atoms with Gasteiger partial charge < -0.3 is 16.8 Å². The van der Waals surface area contributed by atoms with E-state index in [1.165, 1.54) is 0 Å². The molecule has 0 fully saturated rings. The first-order valence-electron chi connectivity index (χ1n) is 6.08. The Morgan fingerprint density at radius 1 is 0.900 bits per heavy atom. The van der Waals surface area contributed by atoms with Crippen molar-refractivity contribution in [2.75, 3.05) is 5.32 Å². The van der Waals surface area contributed by atoms with E-state index >= 15 is 0 Å². The van der Waals surface area contributed by atoms with Gasteiger partial charge in [0.2, 0.25) is 11.8 Å². The quantitative estimate of drug-likeness (QED) is 0.765. The Kier molecular flexibility index (Phi) is 4.00. The molecule has 0 aliphatic rings. The number of anilines is 1. The molecule has 102 valence electrons. The maximum atomic E-state index is 11.6.